The lowest BCUT2D eigenvalue weighted by Gasteiger charge is -2.21. The summed E-state index contributed by atoms with van der Waals surface area (Å²) in [5, 5.41) is 6.34. The average Bonchev–Trinajstić information content (AvgIpc) is 3.44. The van der Waals surface area contributed by atoms with Gasteiger partial charge in [0.25, 0.3) is 0 Å². The Morgan fingerprint density at radius 1 is 1.12 bits per heavy atom. The second-order valence-electron chi connectivity index (χ2n) is 6.29. The number of carbonyl (C=O) groups is 2. The maximum Gasteiger partial charge on any atom is 0.337 e. The molecule has 0 bridgehead atoms. The molecule has 2 aromatic rings. The van der Waals surface area contributed by atoms with Crippen LogP contribution in [0.2, 0.25) is 0 Å². The highest BCUT2D eigenvalue weighted by atomic mass is 16.5. The number of nitrogens with one attached hydrogen (secondary N) is 2. The fourth-order valence-electron chi connectivity index (χ4n) is 2.64. The summed E-state index contributed by atoms with van der Waals surface area (Å²) in [7, 11) is 1.35. The molecule has 1 aliphatic rings. The maximum absolute atomic E-state index is 12.7. The highest BCUT2D eigenvalue weighted by Gasteiger charge is 2.28. The van der Waals surface area contributed by atoms with E-state index in [0.29, 0.717) is 5.56 Å². The average molecular weight is 338 g/mol. The molecular formula is C20H22N2O3. The van der Waals surface area contributed by atoms with Crippen LogP contribution in [0.4, 0.5) is 5.69 Å². The highest BCUT2D eigenvalue weighted by Crippen LogP contribution is 2.26. The predicted molar refractivity (Wildman–Crippen MR) is 96.5 cm³/mol. The first-order valence-corrected chi connectivity index (χ1v) is 8.39. The number of benzene rings is 2. The fraction of sp³-hybridized carbons (Fsp3) is 0.300. The van der Waals surface area contributed by atoms with E-state index in [-0.39, 0.29) is 11.9 Å². The minimum atomic E-state index is -0.520. The zero-order valence-corrected chi connectivity index (χ0v) is 14.4. The van der Waals surface area contributed by atoms with Crippen molar-refractivity contribution in [3.05, 3.63) is 65.2 Å². The van der Waals surface area contributed by atoms with E-state index >= 15 is 0 Å². The van der Waals surface area contributed by atoms with Crippen molar-refractivity contribution in [3.8, 4) is 0 Å². The molecule has 1 fully saturated rings. The van der Waals surface area contributed by atoms with E-state index in [0.717, 1.165) is 29.7 Å². The van der Waals surface area contributed by atoms with Crippen LogP contribution >= 0.6 is 0 Å². The molecular weight excluding hydrogens is 316 g/mol. The molecule has 1 atom stereocenters. The van der Waals surface area contributed by atoms with Gasteiger partial charge >= 0.3 is 5.97 Å². The van der Waals surface area contributed by atoms with Crippen LogP contribution in [0.3, 0.4) is 0 Å². The molecule has 0 spiro atoms. The predicted octanol–water partition coefficient (Wildman–Crippen LogP) is 3.21. The molecule has 0 radical (unpaired) electrons. The van der Waals surface area contributed by atoms with E-state index in [2.05, 4.69) is 10.6 Å². The first-order valence-electron chi connectivity index (χ1n) is 8.39. The summed E-state index contributed by atoms with van der Waals surface area (Å²) in [5.41, 5.74) is 3.02. The number of aryl methyl sites for hydroxylation is 1. The Labute approximate surface area is 147 Å². The molecule has 0 aliphatic heterocycles. The van der Waals surface area contributed by atoms with Crippen LogP contribution in [0.5, 0.6) is 0 Å². The summed E-state index contributed by atoms with van der Waals surface area (Å²) in [5.74, 6) is -0.460. The molecule has 1 amide bonds. The van der Waals surface area contributed by atoms with Gasteiger partial charge in [-0.25, -0.2) is 4.79 Å². The van der Waals surface area contributed by atoms with Gasteiger partial charge in [-0.2, -0.15) is 0 Å². The Kier molecular flexibility index (Phi) is 5.03. The number of amides is 1. The number of hydrogen-bond acceptors (Lipinski definition) is 4. The van der Waals surface area contributed by atoms with E-state index in [1.54, 1.807) is 12.1 Å². The van der Waals surface area contributed by atoms with Crippen LogP contribution in [0, 0.1) is 6.92 Å². The number of rotatable bonds is 6. The minimum Gasteiger partial charge on any atom is -0.465 e. The molecule has 2 aromatic carbocycles. The summed E-state index contributed by atoms with van der Waals surface area (Å²) >= 11 is 0. The fourth-order valence-corrected chi connectivity index (χ4v) is 2.64. The van der Waals surface area contributed by atoms with Crippen molar-refractivity contribution >= 4 is 17.6 Å². The first-order chi connectivity index (χ1) is 12.1. The number of esters is 1. The summed E-state index contributed by atoms with van der Waals surface area (Å²) in [6.07, 6.45) is 2.06. The smallest absolute Gasteiger partial charge is 0.337 e. The van der Waals surface area contributed by atoms with Crippen molar-refractivity contribution in [3.63, 3.8) is 0 Å². The third-order valence-corrected chi connectivity index (χ3v) is 4.28. The molecule has 2 N–H and O–H groups in total. The van der Waals surface area contributed by atoms with E-state index < -0.39 is 12.0 Å². The zero-order valence-electron chi connectivity index (χ0n) is 14.4. The van der Waals surface area contributed by atoms with Crippen LogP contribution in [0.15, 0.2) is 48.5 Å². The van der Waals surface area contributed by atoms with Crippen molar-refractivity contribution in [2.75, 3.05) is 12.4 Å². The molecule has 3 rings (SSSR count). The number of ether oxygens (including phenoxy) is 1. The second-order valence-corrected chi connectivity index (χ2v) is 6.29. The van der Waals surface area contributed by atoms with Crippen molar-refractivity contribution in [2.45, 2.75) is 31.8 Å². The quantitative estimate of drug-likeness (QED) is 0.794. The van der Waals surface area contributed by atoms with Gasteiger partial charge in [0.05, 0.1) is 12.7 Å². The monoisotopic (exact) mass is 338 g/mol. The summed E-state index contributed by atoms with van der Waals surface area (Å²) < 4.78 is 4.78. The molecule has 5 heteroatoms. The summed E-state index contributed by atoms with van der Waals surface area (Å²) in [6, 6.07) is 14.6. The van der Waals surface area contributed by atoms with Gasteiger partial charge in [-0.05, 0) is 43.0 Å². The highest BCUT2D eigenvalue weighted by molar-refractivity contribution is 5.91. The van der Waals surface area contributed by atoms with Crippen molar-refractivity contribution in [1.29, 1.82) is 0 Å². The van der Waals surface area contributed by atoms with Gasteiger partial charge in [0.2, 0.25) is 5.91 Å². The van der Waals surface area contributed by atoms with Gasteiger partial charge in [0.1, 0.15) is 6.04 Å². The first kappa shape index (κ1) is 17.0. The molecule has 130 valence electrons. The Hall–Kier alpha value is -2.82. The lowest BCUT2D eigenvalue weighted by Crippen LogP contribution is -2.35. The Morgan fingerprint density at radius 3 is 2.48 bits per heavy atom. The number of anilines is 1. The van der Waals surface area contributed by atoms with Gasteiger partial charge in [-0.3, -0.25) is 4.79 Å². The van der Waals surface area contributed by atoms with E-state index in [1.807, 2.05) is 43.3 Å². The Balaban J connectivity index is 1.89. The largest absolute Gasteiger partial charge is 0.465 e. The maximum atomic E-state index is 12.7. The molecule has 1 saturated carbocycles. The molecule has 25 heavy (non-hydrogen) atoms. The third-order valence-electron chi connectivity index (χ3n) is 4.28. The van der Waals surface area contributed by atoms with Crippen LogP contribution in [0.25, 0.3) is 0 Å². The van der Waals surface area contributed by atoms with Gasteiger partial charge < -0.3 is 15.4 Å². The number of hydrogen-bond donors (Lipinski definition) is 2. The van der Waals surface area contributed by atoms with Gasteiger partial charge in [-0.1, -0.05) is 36.4 Å². The zero-order chi connectivity index (χ0) is 17.8. The van der Waals surface area contributed by atoms with Crippen molar-refractivity contribution in [1.82, 2.24) is 5.32 Å². The third kappa shape index (κ3) is 4.18. The van der Waals surface area contributed by atoms with Crippen LogP contribution in [-0.4, -0.2) is 25.0 Å². The van der Waals surface area contributed by atoms with Crippen molar-refractivity contribution in [2.24, 2.45) is 0 Å². The molecule has 0 aromatic heterocycles. The lowest BCUT2D eigenvalue weighted by molar-refractivity contribution is -0.122. The van der Waals surface area contributed by atoms with Crippen molar-refractivity contribution < 1.29 is 14.3 Å². The van der Waals surface area contributed by atoms with E-state index in [9.17, 15) is 9.59 Å². The Morgan fingerprint density at radius 2 is 1.84 bits per heavy atom. The molecule has 0 saturated heterocycles. The lowest BCUT2D eigenvalue weighted by atomic mass is 10.0. The Bertz CT molecular complexity index is 770. The topological polar surface area (TPSA) is 67.4 Å². The van der Waals surface area contributed by atoms with Gasteiger partial charge in [0.15, 0.2) is 0 Å². The van der Waals surface area contributed by atoms with Gasteiger partial charge in [-0.15, -0.1) is 0 Å². The van der Waals surface area contributed by atoms with Crippen LogP contribution in [0.1, 0.15) is 40.4 Å². The minimum absolute atomic E-state index is 0.0587. The summed E-state index contributed by atoms with van der Waals surface area (Å²) in [6.45, 7) is 1.93. The number of methoxy groups -OCH3 is 1. The van der Waals surface area contributed by atoms with Crippen LogP contribution in [-0.2, 0) is 9.53 Å². The van der Waals surface area contributed by atoms with E-state index in [4.69, 9.17) is 4.74 Å². The SMILES string of the molecule is COC(=O)c1ccc(C)c(N[C@H](C(=O)NC2CC2)c2ccccc2)c1. The second kappa shape index (κ2) is 7.38. The van der Waals surface area contributed by atoms with Gasteiger partial charge in [0, 0.05) is 11.7 Å². The van der Waals surface area contributed by atoms with Crippen LogP contribution < -0.4 is 10.6 Å². The molecule has 0 heterocycles. The summed E-state index contributed by atoms with van der Waals surface area (Å²) in [4.78, 5) is 24.5. The normalized spacial score (nSPS) is 14.5. The molecule has 5 nitrogen and oxygen atoms in total. The standard InChI is InChI=1S/C20H22N2O3/c1-13-8-9-15(20(24)25-2)12-17(13)22-18(14-6-4-3-5-7-14)19(23)21-16-10-11-16/h3-9,12,16,18,22H,10-11H2,1-2H3,(H,21,23)/t18-/m0/s1. The number of carbonyl (C=O) groups excluding carboxylic acids is 2. The van der Waals surface area contributed by atoms with E-state index in [1.165, 1.54) is 7.11 Å². The molecule has 1 aliphatic carbocycles. The molecule has 0 unspecified atom stereocenters.